The van der Waals surface area contributed by atoms with Gasteiger partial charge >= 0.3 is 0 Å². The molecule has 1 spiro atoms. The highest BCUT2D eigenvalue weighted by Crippen LogP contribution is 2.46. The second-order valence-corrected chi connectivity index (χ2v) is 8.93. The van der Waals surface area contributed by atoms with E-state index in [1.54, 1.807) is 4.90 Å². The fraction of sp³-hybridized carbons (Fsp3) is 0.727. The van der Waals surface area contributed by atoms with Crippen LogP contribution in [0.5, 0.6) is 0 Å². The number of carbonyl (C=O) groups excluding carboxylic acids is 2. The molecule has 6 heteroatoms. The predicted octanol–water partition coefficient (Wildman–Crippen LogP) is 3.15. The van der Waals surface area contributed by atoms with E-state index in [4.69, 9.17) is 0 Å². The topological polar surface area (TPSA) is 66.4 Å². The Balaban J connectivity index is 1.16. The maximum atomic E-state index is 12.5. The predicted molar refractivity (Wildman–Crippen MR) is 107 cm³/mol. The summed E-state index contributed by atoms with van der Waals surface area (Å²) < 4.78 is 0. The van der Waals surface area contributed by atoms with E-state index in [0.717, 1.165) is 64.0 Å². The molecule has 28 heavy (non-hydrogen) atoms. The minimum Gasteiger partial charge on any atom is -0.303 e. The number of imide groups is 1. The molecule has 0 bridgehead atoms. The van der Waals surface area contributed by atoms with Crippen LogP contribution in [0.2, 0.25) is 0 Å². The summed E-state index contributed by atoms with van der Waals surface area (Å²) in [5.41, 5.74) is 0.0114. The van der Waals surface area contributed by atoms with Gasteiger partial charge in [-0.25, -0.2) is 9.97 Å². The Morgan fingerprint density at radius 3 is 2.18 bits per heavy atom. The van der Waals surface area contributed by atoms with E-state index in [1.807, 2.05) is 18.5 Å². The number of aromatic nitrogens is 2. The molecule has 3 fully saturated rings. The molecule has 0 N–H and O–H groups in total. The van der Waals surface area contributed by atoms with Crippen LogP contribution < -0.4 is 0 Å². The summed E-state index contributed by atoms with van der Waals surface area (Å²) in [6.07, 6.45) is 13.5. The van der Waals surface area contributed by atoms with Crippen molar-refractivity contribution < 1.29 is 9.59 Å². The lowest BCUT2D eigenvalue weighted by Crippen LogP contribution is -2.47. The van der Waals surface area contributed by atoms with Crippen LogP contribution in [0.1, 0.15) is 76.0 Å². The summed E-state index contributed by atoms with van der Waals surface area (Å²) in [4.78, 5) is 37.9. The number of hydrogen-bond donors (Lipinski definition) is 0. The van der Waals surface area contributed by atoms with E-state index in [9.17, 15) is 9.59 Å². The molecule has 1 aromatic heterocycles. The molecule has 2 saturated heterocycles. The Morgan fingerprint density at radius 1 is 0.929 bits per heavy atom. The van der Waals surface area contributed by atoms with Crippen LogP contribution in [0.3, 0.4) is 0 Å². The molecule has 0 aromatic carbocycles. The van der Waals surface area contributed by atoms with E-state index in [2.05, 4.69) is 14.9 Å². The first-order chi connectivity index (χ1) is 13.7. The van der Waals surface area contributed by atoms with E-state index in [-0.39, 0.29) is 17.2 Å². The fourth-order valence-electron chi connectivity index (χ4n) is 5.30. The Kier molecular flexibility index (Phi) is 6.04. The molecule has 4 rings (SSSR count). The van der Waals surface area contributed by atoms with Gasteiger partial charge in [0.15, 0.2) is 0 Å². The maximum absolute atomic E-state index is 12.5. The quantitative estimate of drug-likeness (QED) is 0.557. The van der Waals surface area contributed by atoms with Gasteiger partial charge in [0.2, 0.25) is 11.8 Å². The average Bonchev–Trinajstić information content (AvgIpc) is 3.15. The second kappa shape index (κ2) is 8.68. The molecular weight excluding hydrogens is 352 g/mol. The van der Waals surface area contributed by atoms with Crippen molar-refractivity contribution in [3.63, 3.8) is 0 Å². The first-order valence-electron chi connectivity index (χ1n) is 11.0. The molecule has 0 radical (unpaired) electrons. The van der Waals surface area contributed by atoms with Gasteiger partial charge in [0, 0.05) is 37.7 Å². The van der Waals surface area contributed by atoms with Gasteiger partial charge in [-0.3, -0.25) is 14.5 Å². The smallest absolute Gasteiger partial charge is 0.229 e. The van der Waals surface area contributed by atoms with Crippen molar-refractivity contribution in [3.8, 4) is 0 Å². The number of nitrogens with zero attached hydrogens (tertiary/aromatic N) is 4. The summed E-state index contributed by atoms with van der Waals surface area (Å²) in [6.45, 7) is 3.80. The van der Waals surface area contributed by atoms with Crippen LogP contribution in [0, 0.1) is 5.41 Å². The number of unbranched alkanes of at least 4 members (excludes halogenated alkanes) is 1. The molecule has 1 saturated carbocycles. The van der Waals surface area contributed by atoms with E-state index in [1.165, 1.54) is 12.8 Å². The summed E-state index contributed by atoms with van der Waals surface area (Å²) in [6, 6.07) is 1.87. The fourth-order valence-corrected chi connectivity index (χ4v) is 5.30. The first-order valence-corrected chi connectivity index (χ1v) is 11.0. The maximum Gasteiger partial charge on any atom is 0.229 e. The molecule has 6 nitrogen and oxygen atoms in total. The minimum atomic E-state index is 0.0114. The molecular formula is C22H32N4O2. The number of amides is 2. The lowest BCUT2D eigenvalue weighted by Gasteiger charge is -2.37. The van der Waals surface area contributed by atoms with Crippen LogP contribution >= 0.6 is 0 Å². The van der Waals surface area contributed by atoms with Crippen molar-refractivity contribution in [2.24, 2.45) is 5.41 Å². The number of piperidine rings is 2. The van der Waals surface area contributed by atoms with Crippen molar-refractivity contribution in [1.29, 1.82) is 0 Å². The van der Waals surface area contributed by atoms with Crippen LogP contribution in [-0.2, 0) is 9.59 Å². The largest absolute Gasteiger partial charge is 0.303 e. The minimum absolute atomic E-state index is 0.0114. The third-order valence-electron chi connectivity index (χ3n) is 6.96. The Hall–Kier alpha value is -1.82. The SMILES string of the molecule is O=C1CC2(CCCC2)CC(=O)N1CCCCN1CCC(c2ncccn2)CC1. The van der Waals surface area contributed by atoms with Gasteiger partial charge in [0.25, 0.3) is 0 Å². The van der Waals surface area contributed by atoms with E-state index >= 15 is 0 Å². The van der Waals surface area contributed by atoms with Gasteiger partial charge in [0.05, 0.1) is 0 Å². The number of rotatable bonds is 6. The molecule has 3 heterocycles. The zero-order valence-corrected chi connectivity index (χ0v) is 16.8. The second-order valence-electron chi connectivity index (χ2n) is 8.93. The summed E-state index contributed by atoms with van der Waals surface area (Å²) in [5.74, 6) is 1.59. The van der Waals surface area contributed by atoms with E-state index in [0.29, 0.717) is 25.3 Å². The molecule has 2 aliphatic heterocycles. The average molecular weight is 385 g/mol. The zero-order valence-electron chi connectivity index (χ0n) is 16.8. The summed E-state index contributed by atoms with van der Waals surface area (Å²) >= 11 is 0. The van der Waals surface area contributed by atoms with Crippen molar-refractivity contribution in [3.05, 3.63) is 24.3 Å². The third kappa shape index (κ3) is 4.43. The molecule has 1 aliphatic carbocycles. The highest BCUT2D eigenvalue weighted by atomic mass is 16.2. The van der Waals surface area contributed by atoms with Gasteiger partial charge in [-0.15, -0.1) is 0 Å². The van der Waals surface area contributed by atoms with Gasteiger partial charge in [-0.2, -0.15) is 0 Å². The lowest BCUT2D eigenvalue weighted by atomic mass is 9.76. The molecule has 3 aliphatic rings. The number of likely N-dealkylation sites (tertiary alicyclic amines) is 2. The summed E-state index contributed by atoms with van der Waals surface area (Å²) in [5, 5.41) is 0. The molecule has 1 aromatic rings. The van der Waals surface area contributed by atoms with Crippen molar-refractivity contribution >= 4 is 11.8 Å². The highest BCUT2D eigenvalue weighted by Gasteiger charge is 2.44. The lowest BCUT2D eigenvalue weighted by molar-refractivity contribution is -0.153. The first kappa shape index (κ1) is 19.5. The molecule has 0 atom stereocenters. The van der Waals surface area contributed by atoms with Gasteiger partial charge in [-0.05, 0) is 69.6 Å². The molecule has 152 valence electrons. The van der Waals surface area contributed by atoms with Crippen LogP contribution in [0.4, 0.5) is 0 Å². The van der Waals surface area contributed by atoms with Crippen molar-refractivity contribution in [1.82, 2.24) is 19.8 Å². The Bertz CT molecular complexity index is 659. The summed E-state index contributed by atoms with van der Waals surface area (Å²) in [7, 11) is 0. The number of carbonyl (C=O) groups is 2. The molecule has 0 unspecified atom stereocenters. The molecule has 2 amide bonds. The number of hydrogen-bond acceptors (Lipinski definition) is 5. The Morgan fingerprint density at radius 2 is 1.54 bits per heavy atom. The van der Waals surface area contributed by atoms with E-state index < -0.39 is 0 Å². The van der Waals surface area contributed by atoms with Crippen molar-refractivity contribution in [2.75, 3.05) is 26.2 Å². The van der Waals surface area contributed by atoms with Crippen LogP contribution in [-0.4, -0.2) is 57.8 Å². The van der Waals surface area contributed by atoms with Gasteiger partial charge < -0.3 is 4.90 Å². The third-order valence-corrected chi connectivity index (χ3v) is 6.96. The van der Waals surface area contributed by atoms with Crippen LogP contribution in [0.15, 0.2) is 18.5 Å². The standard InChI is InChI=1S/C22H32N4O2/c27-19-16-22(8-1-2-9-22)17-20(28)26(19)13-4-3-12-25-14-6-18(7-15-25)21-23-10-5-11-24-21/h5,10-11,18H,1-4,6-9,12-17H2. The zero-order chi connectivity index (χ0) is 19.4. The Labute approximate surface area is 167 Å². The van der Waals surface area contributed by atoms with Gasteiger partial charge in [-0.1, -0.05) is 12.8 Å². The van der Waals surface area contributed by atoms with Crippen LogP contribution in [0.25, 0.3) is 0 Å². The van der Waals surface area contributed by atoms with Gasteiger partial charge in [0.1, 0.15) is 5.82 Å². The monoisotopic (exact) mass is 384 g/mol. The normalized spacial score (nSPS) is 23.6. The van der Waals surface area contributed by atoms with Crippen molar-refractivity contribution in [2.45, 2.75) is 70.1 Å². The highest BCUT2D eigenvalue weighted by molar-refractivity contribution is 5.98.